The summed E-state index contributed by atoms with van der Waals surface area (Å²) in [5.74, 6) is 2.57. The van der Waals surface area contributed by atoms with Gasteiger partial charge >= 0.3 is 0 Å². The van der Waals surface area contributed by atoms with E-state index in [1.807, 2.05) is 104 Å². The molecule has 0 aliphatic carbocycles. The van der Waals surface area contributed by atoms with E-state index in [0.717, 1.165) is 21.6 Å². The number of hydrogen-bond donors (Lipinski definition) is 0. The van der Waals surface area contributed by atoms with Gasteiger partial charge in [-0.3, -0.25) is 4.79 Å². The van der Waals surface area contributed by atoms with E-state index in [9.17, 15) is 4.79 Å². The normalized spacial score (nSPS) is 11.0. The summed E-state index contributed by atoms with van der Waals surface area (Å²) in [6.07, 6.45) is 0. The fourth-order valence-electron chi connectivity index (χ4n) is 3.92. The van der Waals surface area contributed by atoms with Gasteiger partial charge in [-0.05, 0) is 40.7 Å². The van der Waals surface area contributed by atoms with Crippen LogP contribution in [0.4, 0.5) is 5.69 Å². The van der Waals surface area contributed by atoms with E-state index >= 15 is 0 Å². The van der Waals surface area contributed by atoms with Gasteiger partial charge in [0.05, 0.1) is 0 Å². The number of hydrogen-bond acceptors (Lipinski definition) is 3. The lowest BCUT2D eigenvalue weighted by Crippen LogP contribution is -2.29. The average molecular weight is 454 g/mol. The molecule has 0 saturated carbocycles. The van der Waals surface area contributed by atoms with Crippen LogP contribution in [0.2, 0.25) is 0 Å². The molecule has 0 fully saturated rings. The van der Waals surface area contributed by atoms with E-state index in [1.165, 1.54) is 0 Å². The summed E-state index contributed by atoms with van der Waals surface area (Å²) < 4.78 is 5.92. The van der Waals surface area contributed by atoms with Crippen molar-refractivity contribution in [3.05, 3.63) is 115 Å². The minimum atomic E-state index is -2.32. The second-order valence-electron chi connectivity index (χ2n) is 8.01. The summed E-state index contributed by atoms with van der Waals surface area (Å²) in [5, 5.41) is 3.43. The molecule has 33 heavy (non-hydrogen) atoms. The molecule has 0 bridgehead atoms. The Morgan fingerprint density at radius 2 is 1.21 bits per heavy atom. The summed E-state index contributed by atoms with van der Waals surface area (Å²) in [6.45, 7) is -2.33. The maximum atomic E-state index is 13.4. The molecule has 166 valence electrons. The topological polar surface area (TPSA) is 29.5 Å². The van der Waals surface area contributed by atoms with Crippen molar-refractivity contribution in [2.24, 2.45) is 0 Å². The first-order valence-corrected chi connectivity index (χ1v) is 12.8. The first kappa shape index (κ1) is 22.6. The van der Waals surface area contributed by atoms with Crippen LogP contribution in [0.3, 0.4) is 0 Å². The lowest BCUT2D eigenvalue weighted by Gasteiger charge is -2.28. The first-order chi connectivity index (χ1) is 16.1. The number of benzene rings is 4. The van der Waals surface area contributed by atoms with Gasteiger partial charge < -0.3 is 9.64 Å². The van der Waals surface area contributed by atoms with Gasteiger partial charge in [0, 0.05) is 25.8 Å². The average Bonchev–Trinajstić information content (AvgIpc) is 2.88. The summed E-state index contributed by atoms with van der Waals surface area (Å²) in [6, 6.07) is 38.8. The van der Waals surface area contributed by atoms with Gasteiger partial charge in [-0.1, -0.05) is 97.1 Å². The van der Waals surface area contributed by atoms with Crippen LogP contribution in [-0.2, 0) is 4.79 Å². The number of ether oxygens (including phenoxy) is 1. The van der Waals surface area contributed by atoms with Crippen LogP contribution in [0.5, 0.6) is 5.75 Å². The minimum absolute atomic E-state index is 0.00880. The SMILES string of the molecule is CN(C)c1cccc(OCC(=O)C=P(c2ccccc2)(c2ccccc2)c2ccccc2)c1. The van der Waals surface area contributed by atoms with Crippen molar-refractivity contribution >= 4 is 40.1 Å². The molecule has 0 radical (unpaired) electrons. The number of nitrogens with zero attached hydrogens (tertiary/aromatic N) is 1. The molecule has 3 nitrogen and oxygen atoms in total. The molecule has 0 N–H and O–H groups in total. The highest BCUT2D eigenvalue weighted by molar-refractivity contribution is 7.95. The second kappa shape index (κ2) is 10.4. The summed E-state index contributed by atoms with van der Waals surface area (Å²) in [4.78, 5) is 15.4. The van der Waals surface area contributed by atoms with Crippen LogP contribution in [0, 0.1) is 0 Å². The summed E-state index contributed by atoms with van der Waals surface area (Å²) in [7, 11) is 3.97. The number of ketones is 1. The van der Waals surface area contributed by atoms with E-state index < -0.39 is 6.89 Å². The van der Waals surface area contributed by atoms with Crippen molar-refractivity contribution < 1.29 is 9.53 Å². The predicted molar refractivity (Wildman–Crippen MR) is 142 cm³/mol. The van der Waals surface area contributed by atoms with Gasteiger partial charge in [0.25, 0.3) is 0 Å². The predicted octanol–water partition coefficient (Wildman–Crippen LogP) is 4.50. The Balaban J connectivity index is 1.79. The Hall–Kier alpha value is -3.55. The Morgan fingerprint density at radius 1 is 0.727 bits per heavy atom. The zero-order valence-corrected chi connectivity index (χ0v) is 19.9. The quantitative estimate of drug-likeness (QED) is 0.368. The maximum absolute atomic E-state index is 13.4. The molecule has 4 aromatic rings. The largest absolute Gasteiger partial charge is 0.485 e. The molecule has 0 spiro atoms. The highest BCUT2D eigenvalue weighted by atomic mass is 31.2. The molecule has 0 amide bonds. The summed E-state index contributed by atoms with van der Waals surface area (Å²) in [5.41, 5.74) is 1.03. The molecular weight excluding hydrogens is 425 g/mol. The van der Waals surface area contributed by atoms with Crippen molar-refractivity contribution in [3.8, 4) is 5.75 Å². The molecule has 0 atom stereocenters. The van der Waals surface area contributed by atoms with Crippen LogP contribution < -0.4 is 25.6 Å². The van der Waals surface area contributed by atoms with E-state index in [1.54, 1.807) is 0 Å². The molecule has 0 heterocycles. The third-order valence-electron chi connectivity index (χ3n) is 5.54. The number of carbonyl (C=O) groups excluding carboxylic acids is 1. The second-order valence-corrected chi connectivity index (χ2v) is 11.3. The molecule has 0 aromatic heterocycles. The third kappa shape index (κ3) is 5.10. The molecule has 0 unspecified atom stereocenters. The lowest BCUT2D eigenvalue weighted by molar-refractivity contribution is -0.114. The molecule has 0 saturated heterocycles. The van der Waals surface area contributed by atoms with Gasteiger partial charge in [-0.25, -0.2) is 0 Å². The lowest BCUT2D eigenvalue weighted by atomic mass is 10.3. The van der Waals surface area contributed by atoms with Gasteiger partial charge in [0.2, 0.25) is 0 Å². The van der Waals surface area contributed by atoms with E-state index in [0.29, 0.717) is 5.75 Å². The molecule has 4 heteroatoms. The van der Waals surface area contributed by atoms with E-state index in [2.05, 4.69) is 36.4 Å². The van der Waals surface area contributed by atoms with Crippen molar-refractivity contribution in [2.45, 2.75) is 0 Å². The molecular formula is C29H28NO2P. The monoisotopic (exact) mass is 453 g/mol. The zero-order valence-electron chi connectivity index (χ0n) is 19.0. The van der Waals surface area contributed by atoms with Gasteiger partial charge in [-0.2, -0.15) is 0 Å². The Bertz CT molecular complexity index is 1150. The van der Waals surface area contributed by atoms with Crippen molar-refractivity contribution in [1.82, 2.24) is 0 Å². The van der Waals surface area contributed by atoms with Crippen LogP contribution in [0.1, 0.15) is 0 Å². The number of rotatable bonds is 8. The first-order valence-electron chi connectivity index (χ1n) is 10.9. The smallest absolute Gasteiger partial charge is 0.194 e. The third-order valence-corrected chi connectivity index (χ3v) is 9.56. The standard InChI is InChI=1S/C29H28NO2P/c1-30(2)24-13-12-14-26(21-24)32-22-25(31)23-33(27-15-6-3-7-16-27,28-17-8-4-9-18-28)29-19-10-5-11-20-29/h3-21,23H,22H2,1-2H3. The Morgan fingerprint density at radius 3 is 1.67 bits per heavy atom. The van der Waals surface area contributed by atoms with Crippen LogP contribution >= 0.6 is 6.89 Å². The number of carbonyl (C=O) groups is 1. The van der Waals surface area contributed by atoms with Crippen molar-refractivity contribution in [1.29, 1.82) is 0 Å². The van der Waals surface area contributed by atoms with Crippen LogP contribution in [0.15, 0.2) is 115 Å². The Labute approximate surface area is 196 Å². The highest BCUT2D eigenvalue weighted by Gasteiger charge is 2.26. The van der Waals surface area contributed by atoms with Gasteiger partial charge in [-0.15, -0.1) is 0 Å². The van der Waals surface area contributed by atoms with E-state index in [4.69, 9.17) is 4.74 Å². The van der Waals surface area contributed by atoms with Crippen LogP contribution in [-0.4, -0.2) is 32.3 Å². The minimum Gasteiger partial charge on any atom is -0.485 e. The van der Waals surface area contributed by atoms with E-state index in [-0.39, 0.29) is 12.4 Å². The molecule has 4 aromatic carbocycles. The molecule has 4 rings (SSSR count). The molecule has 0 aliphatic heterocycles. The highest BCUT2D eigenvalue weighted by Crippen LogP contribution is 2.43. The van der Waals surface area contributed by atoms with Gasteiger partial charge in [0.15, 0.2) is 12.4 Å². The van der Waals surface area contributed by atoms with Crippen molar-refractivity contribution in [2.75, 3.05) is 25.6 Å². The van der Waals surface area contributed by atoms with Crippen LogP contribution in [0.25, 0.3) is 0 Å². The summed E-state index contributed by atoms with van der Waals surface area (Å²) >= 11 is 0. The fourth-order valence-corrected chi connectivity index (χ4v) is 7.69. The fraction of sp³-hybridized carbons (Fsp3) is 0.103. The van der Waals surface area contributed by atoms with Gasteiger partial charge in [0.1, 0.15) is 5.75 Å². The molecule has 0 aliphatic rings. The number of Topliss-reactive ketones (excluding diaryl/α,β-unsaturated/α-hetero) is 1. The number of anilines is 1. The Kier molecular flexibility index (Phi) is 7.12. The van der Waals surface area contributed by atoms with Crippen molar-refractivity contribution in [3.63, 3.8) is 0 Å². The zero-order chi connectivity index (χ0) is 23.1. The maximum Gasteiger partial charge on any atom is 0.194 e.